The van der Waals surface area contributed by atoms with Gasteiger partial charge in [0.15, 0.2) is 5.76 Å². The van der Waals surface area contributed by atoms with Crippen LogP contribution in [0.15, 0.2) is 47.3 Å². The van der Waals surface area contributed by atoms with Crippen LogP contribution >= 0.6 is 0 Å². The Kier molecular flexibility index (Phi) is 4.59. The van der Waals surface area contributed by atoms with Gasteiger partial charge in [0.05, 0.1) is 19.0 Å². The lowest BCUT2D eigenvalue weighted by Crippen LogP contribution is -2.23. The number of carbonyl (C=O) groups excluding carboxylic acids is 1. The van der Waals surface area contributed by atoms with E-state index in [1.54, 1.807) is 36.7 Å². The zero-order chi connectivity index (χ0) is 13.3. The smallest absolute Gasteiger partial charge is 0.287 e. The average Bonchev–Trinajstić information content (AvgIpc) is 2.98. The van der Waals surface area contributed by atoms with Crippen molar-refractivity contribution in [3.05, 3.63) is 48.7 Å². The van der Waals surface area contributed by atoms with E-state index in [9.17, 15) is 4.79 Å². The Morgan fingerprint density at radius 2 is 2.32 bits per heavy atom. The third kappa shape index (κ3) is 4.21. The molecule has 2 rings (SSSR count). The highest BCUT2D eigenvalue weighted by Gasteiger charge is 2.05. The molecule has 0 fully saturated rings. The number of amides is 1. The van der Waals surface area contributed by atoms with E-state index in [0.717, 1.165) is 0 Å². The van der Waals surface area contributed by atoms with Gasteiger partial charge in [-0.15, -0.1) is 0 Å². The molecule has 2 aromatic rings. The lowest BCUT2D eigenvalue weighted by Gasteiger charge is -1.99. The van der Waals surface area contributed by atoms with Crippen LogP contribution in [0.2, 0.25) is 0 Å². The molecular weight excluding hydrogens is 244 g/mol. The van der Waals surface area contributed by atoms with Gasteiger partial charge in [0.2, 0.25) is 0 Å². The molecule has 0 radical (unpaired) electrons. The largest absolute Gasteiger partial charge is 0.479 e. The van der Waals surface area contributed by atoms with E-state index in [4.69, 9.17) is 9.15 Å². The second-order valence-electron chi connectivity index (χ2n) is 3.49. The first kappa shape index (κ1) is 12.7. The van der Waals surface area contributed by atoms with Crippen molar-refractivity contribution >= 4 is 5.91 Å². The van der Waals surface area contributed by atoms with E-state index in [1.807, 2.05) is 0 Å². The maximum atomic E-state index is 11.4. The van der Waals surface area contributed by atoms with Gasteiger partial charge < -0.3 is 14.5 Å². The van der Waals surface area contributed by atoms with Gasteiger partial charge in [0.25, 0.3) is 5.91 Å². The monoisotopic (exact) mass is 256 g/mol. The molecule has 2 heterocycles. The van der Waals surface area contributed by atoms with Gasteiger partial charge in [-0.2, -0.15) is 0 Å². The minimum Gasteiger partial charge on any atom is -0.479 e. The number of nitrogens with zero attached hydrogens (tertiary/aromatic N) is 1. The molecule has 0 unspecified atom stereocenters. The Hall–Kier alpha value is -2.74. The Labute approximate surface area is 110 Å². The molecule has 0 aliphatic carbocycles. The van der Waals surface area contributed by atoms with Gasteiger partial charge >= 0.3 is 0 Å². The number of furan rings is 1. The SMILES string of the molecule is O=C(NCC#CCOc1cccnc1)c1ccco1. The maximum Gasteiger partial charge on any atom is 0.287 e. The Morgan fingerprint density at radius 3 is 3.05 bits per heavy atom. The van der Waals surface area contributed by atoms with E-state index in [-0.39, 0.29) is 24.8 Å². The Balaban J connectivity index is 1.67. The summed E-state index contributed by atoms with van der Waals surface area (Å²) in [4.78, 5) is 15.4. The molecule has 0 aliphatic rings. The van der Waals surface area contributed by atoms with Crippen molar-refractivity contribution in [2.75, 3.05) is 13.2 Å². The number of pyridine rings is 1. The fraction of sp³-hybridized carbons (Fsp3) is 0.143. The third-order valence-electron chi connectivity index (χ3n) is 2.15. The Morgan fingerprint density at radius 1 is 1.37 bits per heavy atom. The molecule has 5 nitrogen and oxygen atoms in total. The minimum atomic E-state index is -0.285. The first-order chi connectivity index (χ1) is 9.36. The van der Waals surface area contributed by atoms with Crippen LogP contribution in [0.1, 0.15) is 10.6 Å². The quantitative estimate of drug-likeness (QED) is 0.842. The maximum absolute atomic E-state index is 11.4. The lowest BCUT2D eigenvalue weighted by molar-refractivity contribution is 0.0931. The molecule has 0 bridgehead atoms. The normalized spacial score (nSPS) is 9.26. The summed E-state index contributed by atoms with van der Waals surface area (Å²) in [6.07, 6.45) is 4.73. The second-order valence-corrected chi connectivity index (χ2v) is 3.49. The zero-order valence-corrected chi connectivity index (χ0v) is 10.1. The summed E-state index contributed by atoms with van der Waals surface area (Å²) >= 11 is 0. The van der Waals surface area contributed by atoms with E-state index >= 15 is 0 Å². The number of rotatable bonds is 4. The molecular formula is C14H12N2O3. The number of nitrogens with one attached hydrogen (secondary N) is 1. The van der Waals surface area contributed by atoms with Crippen LogP contribution in [0.4, 0.5) is 0 Å². The first-order valence-electron chi connectivity index (χ1n) is 5.66. The van der Waals surface area contributed by atoms with Crippen molar-refractivity contribution < 1.29 is 13.9 Å². The van der Waals surface area contributed by atoms with Crippen LogP contribution in [-0.4, -0.2) is 24.0 Å². The molecule has 0 spiro atoms. The fourth-order valence-corrected chi connectivity index (χ4v) is 1.28. The summed E-state index contributed by atoms with van der Waals surface area (Å²) < 4.78 is 10.3. The fourth-order valence-electron chi connectivity index (χ4n) is 1.28. The van der Waals surface area contributed by atoms with Gasteiger partial charge in [0.1, 0.15) is 12.4 Å². The van der Waals surface area contributed by atoms with Crippen LogP contribution in [0.3, 0.4) is 0 Å². The van der Waals surface area contributed by atoms with E-state index in [0.29, 0.717) is 5.75 Å². The van der Waals surface area contributed by atoms with Crippen molar-refractivity contribution in [1.29, 1.82) is 0 Å². The van der Waals surface area contributed by atoms with Gasteiger partial charge in [-0.3, -0.25) is 9.78 Å². The Bertz CT molecular complexity index is 568. The number of hydrogen-bond acceptors (Lipinski definition) is 4. The summed E-state index contributed by atoms with van der Waals surface area (Å²) in [5.74, 6) is 6.22. The molecule has 2 aromatic heterocycles. The molecule has 0 aromatic carbocycles. The van der Waals surface area contributed by atoms with Crippen molar-refractivity contribution in [2.45, 2.75) is 0 Å². The van der Waals surface area contributed by atoms with E-state index < -0.39 is 0 Å². The molecule has 19 heavy (non-hydrogen) atoms. The molecule has 96 valence electrons. The minimum absolute atomic E-state index is 0.246. The number of aromatic nitrogens is 1. The van der Waals surface area contributed by atoms with Crippen molar-refractivity contribution in [3.63, 3.8) is 0 Å². The first-order valence-corrected chi connectivity index (χ1v) is 5.66. The van der Waals surface area contributed by atoms with Gasteiger partial charge in [-0.1, -0.05) is 11.8 Å². The molecule has 0 atom stereocenters. The standard InChI is InChI=1S/C14H12N2O3/c17-14(13-6-4-10-19-13)16-8-1-2-9-18-12-5-3-7-15-11-12/h3-7,10-11H,8-9H2,(H,16,17). The molecule has 0 aliphatic heterocycles. The molecule has 1 N–H and O–H groups in total. The second kappa shape index (κ2) is 6.87. The highest BCUT2D eigenvalue weighted by molar-refractivity contribution is 5.91. The van der Waals surface area contributed by atoms with Crippen LogP contribution in [0.25, 0.3) is 0 Å². The molecule has 1 amide bonds. The van der Waals surface area contributed by atoms with E-state index in [2.05, 4.69) is 22.1 Å². The van der Waals surface area contributed by atoms with Crippen LogP contribution < -0.4 is 10.1 Å². The summed E-state index contributed by atoms with van der Waals surface area (Å²) in [5.41, 5.74) is 0. The van der Waals surface area contributed by atoms with Gasteiger partial charge in [0, 0.05) is 6.20 Å². The number of hydrogen-bond donors (Lipinski definition) is 1. The summed E-state index contributed by atoms with van der Waals surface area (Å²) in [7, 11) is 0. The number of ether oxygens (including phenoxy) is 1. The van der Waals surface area contributed by atoms with Crippen LogP contribution in [0.5, 0.6) is 5.75 Å². The predicted octanol–water partition coefficient (Wildman–Crippen LogP) is 1.49. The van der Waals surface area contributed by atoms with Crippen molar-refractivity contribution in [2.24, 2.45) is 0 Å². The van der Waals surface area contributed by atoms with Crippen LogP contribution in [-0.2, 0) is 0 Å². The summed E-state index contributed by atoms with van der Waals surface area (Å²) in [6, 6.07) is 6.83. The van der Waals surface area contributed by atoms with Crippen LogP contribution in [0, 0.1) is 11.8 Å². The van der Waals surface area contributed by atoms with Gasteiger partial charge in [-0.25, -0.2) is 0 Å². The van der Waals surface area contributed by atoms with Gasteiger partial charge in [-0.05, 0) is 24.3 Å². The molecule has 0 saturated carbocycles. The topological polar surface area (TPSA) is 64.4 Å². The highest BCUT2D eigenvalue weighted by atomic mass is 16.5. The lowest BCUT2D eigenvalue weighted by atomic mass is 10.4. The van der Waals surface area contributed by atoms with Crippen molar-refractivity contribution in [1.82, 2.24) is 10.3 Å². The molecule has 0 saturated heterocycles. The van der Waals surface area contributed by atoms with Crippen molar-refractivity contribution in [3.8, 4) is 17.6 Å². The zero-order valence-electron chi connectivity index (χ0n) is 10.1. The summed E-state index contributed by atoms with van der Waals surface area (Å²) in [5, 5.41) is 2.61. The third-order valence-corrected chi connectivity index (χ3v) is 2.15. The summed E-state index contributed by atoms with van der Waals surface area (Å²) in [6.45, 7) is 0.498. The average molecular weight is 256 g/mol. The highest BCUT2D eigenvalue weighted by Crippen LogP contribution is 2.04. The molecule has 5 heteroatoms. The number of carbonyl (C=O) groups is 1. The van der Waals surface area contributed by atoms with E-state index in [1.165, 1.54) is 6.26 Å². The predicted molar refractivity (Wildman–Crippen MR) is 68.5 cm³/mol.